The van der Waals surface area contributed by atoms with E-state index in [1.807, 2.05) is 13.0 Å². The van der Waals surface area contributed by atoms with Crippen LogP contribution in [0.2, 0.25) is 5.02 Å². The third kappa shape index (κ3) is 5.34. The number of aryl methyl sites for hydroxylation is 1. The zero-order chi connectivity index (χ0) is 15.2. The molecule has 1 aromatic rings. The second kappa shape index (κ2) is 9.23. The Morgan fingerprint density at radius 1 is 1.41 bits per heavy atom. The van der Waals surface area contributed by atoms with Gasteiger partial charge in [-0.25, -0.2) is 0 Å². The Balaban J connectivity index is 0.00000242. The van der Waals surface area contributed by atoms with Crippen molar-refractivity contribution in [2.24, 2.45) is 5.92 Å². The lowest BCUT2D eigenvalue weighted by Crippen LogP contribution is -2.28. The molecule has 1 aliphatic heterocycles. The van der Waals surface area contributed by atoms with Crippen molar-refractivity contribution < 1.29 is 9.53 Å². The molecule has 22 heavy (non-hydrogen) atoms. The van der Waals surface area contributed by atoms with E-state index in [1.165, 1.54) is 0 Å². The molecule has 0 saturated carbocycles. The highest BCUT2D eigenvalue weighted by Gasteiger charge is 2.15. The van der Waals surface area contributed by atoms with Crippen molar-refractivity contribution in [2.75, 3.05) is 25.5 Å². The van der Waals surface area contributed by atoms with Crippen LogP contribution in [0.15, 0.2) is 12.1 Å². The Labute approximate surface area is 143 Å². The number of benzene rings is 1. The molecular weight excluding hydrogens is 323 g/mol. The maximum absolute atomic E-state index is 12.1. The minimum Gasteiger partial charge on any atom is -0.495 e. The van der Waals surface area contributed by atoms with Gasteiger partial charge in [-0.05, 0) is 56.8 Å². The van der Waals surface area contributed by atoms with Crippen molar-refractivity contribution in [1.82, 2.24) is 5.32 Å². The lowest BCUT2D eigenvalue weighted by molar-refractivity contribution is -0.116. The van der Waals surface area contributed by atoms with Crippen LogP contribution in [-0.4, -0.2) is 26.1 Å². The van der Waals surface area contributed by atoms with E-state index in [4.69, 9.17) is 16.3 Å². The number of carbonyl (C=O) groups excluding carboxylic acids is 1. The first-order chi connectivity index (χ1) is 10.1. The molecular formula is C16H24Cl2N2O2. The Morgan fingerprint density at radius 2 is 2.09 bits per heavy atom. The molecule has 0 aliphatic carbocycles. The molecule has 2 N–H and O–H groups in total. The van der Waals surface area contributed by atoms with Crippen molar-refractivity contribution in [3.8, 4) is 5.75 Å². The predicted octanol–water partition coefficient (Wildman–Crippen LogP) is 3.80. The lowest BCUT2D eigenvalue weighted by Gasteiger charge is -2.22. The average molecular weight is 347 g/mol. The first-order valence-corrected chi connectivity index (χ1v) is 7.82. The molecule has 124 valence electrons. The summed E-state index contributed by atoms with van der Waals surface area (Å²) in [6.45, 7) is 4.04. The number of ether oxygens (including phenoxy) is 1. The Morgan fingerprint density at radius 3 is 2.73 bits per heavy atom. The van der Waals surface area contributed by atoms with Gasteiger partial charge < -0.3 is 15.4 Å². The standard InChI is InChI=1S/C16H23ClN2O2.ClH/c1-11-9-14(15(21-2)10-13(11)17)19-16(20)4-3-12-5-7-18-8-6-12;/h9-10,12,18H,3-8H2,1-2H3,(H,19,20);1H. The molecule has 1 saturated heterocycles. The highest BCUT2D eigenvalue weighted by atomic mass is 35.5. The van der Waals surface area contributed by atoms with Crippen LogP contribution in [0.3, 0.4) is 0 Å². The molecule has 1 amide bonds. The van der Waals surface area contributed by atoms with Crippen molar-refractivity contribution in [1.29, 1.82) is 0 Å². The third-order valence-corrected chi connectivity index (χ3v) is 4.40. The number of methoxy groups -OCH3 is 1. The van der Waals surface area contributed by atoms with Crippen molar-refractivity contribution in [3.05, 3.63) is 22.7 Å². The largest absolute Gasteiger partial charge is 0.495 e. The van der Waals surface area contributed by atoms with Crippen LogP contribution in [0.4, 0.5) is 5.69 Å². The van der Waals surface area contributed by atoms with E-state index in [0.29, 0.717) is 28.8 Å². The Kier molecular flexibility index (Phi) is 8.01. The van der Waals surface area contributed by atoms with E-state index in [1.54, 1.807) is 13.2 Å². The van der Waals surface area contributed by atoms with E-state index in [-0.39, 0.29) is 18.3 Å². The zero-order valence-electron chi connectivity index (χ0n) is 13.1. The molecule has 0 bridgehead atoms. The zero-order valence-corrected chi connectivity index (χ0v) is 14.6. The fourth-order valence-corrected chi connectivity index (χ4v) is 2.80. The van der Waals surface area contributed by atoms with E-state index in [2.05, 4.69) is 10.6 Å². The van der Waals surface area contributed by atoms with Crippen LogP contribution < -0.4 is 15.4 Å². The van der Waals surface area contributed by atoms with Crippen molar-refractivity contribution in [3.63, 3.8) is 0 Å². The molecule has 1 heterocycles. The number of rotatable bonds is 5. The van der Waals surface area contributed by atoms with E-state index >= 15 is 0 Å². The minimum atomic E-state index is 0. The summed E-state index contributed by atoms with van der Waals surface area (Å²) < 4.78 is 5.27. The maximum Gasteiger partial charge on any atom is 0.224 e. The van der Waals surface area contributed by atoms with Gasteiger partial charge in [0.2, 0.25) is 5.91 Å². The Hall–Kier alpha value is -0.970. The number of piperidine rings is 1. The first kappa shape index (κ1) is 19.1. The van der Waals surface area contributed by atoms with Gasteiger partial charge in [-0.1, -0.05) is 11.6 Å². The van der Waals surface area contributed by atoms with Gasteiger partial charge in [0.15, 0.2) is 0 Å². The number of anilines is 1. The predicted molar refractivity (Wildman–Crippen MR) is 93.4 cm³/mol. The second-order valence-electron chi connectivity index (χ2n) is 5.58. The second-order valence-corrected chi connectivity index (χ2v) is 5.99. The van der Waals surface area contributed by atoms with E-state index in [0.717, 1.165) is 37.9 Å². The fraction of sp³-hybridized carbons (Fsp3) is 0.562. The molecule has 2 rings (SSSR count). The monoisotopic (exact) mass is 346 g/mol. The molecule has 0 atom stereocenters. The summed E-state index contributed by atoms with van der Waals surface area (Å²) in [5.74, 6) is 1.29. The Bertz CT molecular complexity index is 503. The molecule has 0 spiro atoms. The fourth-order valence-electron chi connectivity index (χ4n) is 2.65. The number of nitrogens with one attached hydrogen (secondary N) is 2. The number of hydrogen-bond donors (Lipinski definition) is 2. The summed E-state index contributed by atoms with van der Waals surface area (Å²) in [4.78, 5) is 12.1. The SMILES string of the molecule is COc1cc(Cl)c(C)cc1NC(=O)CCC1CCNCC1.Cl. The smallest absolute Gasteiger partial charge is 0.224 e. The van der Waals surface area contributed by atoms with Gasteiger partial charge in [-0.3, -0.25) is 4.79 Å². The normalized spacial score (nSPS) is 15.0. The van der Waals surface area contributed by atoms with Crippen molar-refractivity contribution >= 4 is 35.6 Å². The molecule has 1 aliphatic rings. The summed E-state index contributed by atoms with van der Waals surface area (Å²) in [5, 5.41) is 6.91. The van der Waals surface area contributed by atoms with Crippen LogP contribution in [0.5, 0.6) is 5.75 Å². The average Bonchev–Trinajstić information content (AvgIpc) is 2.49. The van der Waals surface area contributed by atoms with Gasteiger partial charge >= 0.3 is 0 Å². The maximum atomic E-state index is 12.1. The molecule has 4 nitrogen and oxygen atoms in total. The topological polar surface area (TPSA) is 50.4 Å². The number of halogens is 2. The molecule has 0 radical (unpaired) electrons. The molecule has 0 unspecified atom stereocenters. The van der Waals surface area contributed by atoms with Gasteiger partial charge in [-0.2, -0.15) is 0 Å². The summed E-state index contributed by atoms with van der Waals surface area (Å²) in [7, 11) is 1.58. The third-order valence-electron chi connectivity index (χ3n) is 3.99. The summed E-state index contributed by atoms with van der Waals surface area (Å²) in [6, 6.07) is 3.59. The quantitative estimate of drug-likeness (QED) is 0.852. The lowest BCUT2D eigenvalue weighted by atomic mass is 9.93. The van der Waals surface area contributed by atoms with Gasteiger partial charge in [0, 0.05) is 17.5 Å². The van der Waals surface area contributed by atoms with Crippen LogP contribution in [0, 0.1) is 12.8 Å². The van der Waals surface area contributed by atoms with E-state index < -0.39 is 0 Å². The van der Waals surface area contributed by atoms with E-state index in [9.17, 15) is 4.79 Å². The molecule has 1 fully saturated rings. The summed E-state index contributed by atoms with van der Waals surface area (Å²) >= 11 is 6.07. The number of hydrogen-bond acceptors (Lipinski definition) is 3. The van der Waals surface area contributed by atoms with Gasteiger partial charge in [-0.15, -0.1) is 12.4 Å². The molecule has 1 aromatic carbocycles. The minimum absolute atomic E-state index is 0. The van der Waals surface area contributed by atoms with Crippen LogP contribution in [0.1, 0.15) is 31.2 Å². The van der Waals surface area contributed by atoms with Crippen LogP contribution in [-0.2, 0) is 4.79 Å². The van der Waals surface area contributed by atoms with Crippen molar-refractivity contribution in [2.45, 2.75) is 32.6 Å². The first-order valence-electron chi connectivity index (χ1n) is 7.45. The number of carbonyl (C=O) groups is 1. The summed E-state index contributed by atoms with van der Waals surface area (Å²) in [5.41, 5.74) is 1.61. The molecule has 6 heteroatoms. The number of amides is 1. The van der Waals surface area contributed by atoms with Crippen LogP contribution >= 0.6 is 24.0 Å². The highest BCUT2D eigenvalue weighted by molar-refractivity contribution is 6.31. The van der Waals surface area contributed by atoms with Gasteiger partial charge in [0.25, 0.3) is 0 Å². The molecule has 0 aromatic heterocycles. The van der Waals surface area contributed by atoms with Gasteiger partial charge in [0.05, 0.1) is 12.8 Å². The van der Waals surface area contributed by atoms with Gasteiger partial charge in [0.1, 0.15) is 5.75 Å². The summed E-state index contributed by atoms with van der Waals surface area (Å²) in [6.07, 6.45) is 3.82. The van der Waals surface area contributed by atoms with Crippen LogP contribution in [0.25, 0.3) is 0 Å². The highest BCUT2D eigenvalue weighted by Crippen LogP contribution is 2.31.